The predicted molar refractivity (Wildman–Crippen MR) is 141 cm³/mol. The van der Waals surface area contributed by atoms with Crippen molar-refractivity contribution in [3.63, 3.8) is 0 Å². The van der Waals surface area contributed by atoms with Crippen LogP contribution in [0.1, 0.15) is 102 Å². The molecule has 8 nitrogen and oxygen atoms in total. The van der Waals surface area contributed by atoms with Crippen molar-refractivity contribution in [3.05, 3.63) is 40.5 Å². The topological polar surface area (TPSA) is 106 Å². The zero-order valence-electron chi connectivity index (χ0n) is 21.5. The average molecular weight is 552 g/mol. The molecular weight excluding hydrogens is 521 g/mol. The van der Waals surface area contributed by atoms with Crippen LogP contribution in [0.15, 0.2) is 16.7 Å². The third-order valence-corrected chi connectivity index (χ3v) is 11.2. The van der Waals surface area contributed by atoms with E-state index in [1.807, 2.05) is 0 Å². The zero-order valence-corrected chi connectivity index (χ0v) is 22.3. The molecule has 10 heteroatoms. The number of carbonyl (C=O) groups is 2. The van der Waals surface area contributed by atoms with Crippen molar-refractivity contribution in [1.82, 2.24) is 10.1 Å². The molecule has 3 heterocycles. The number of benzene rings is 1. The molecule has 6 aliphatic rings. The number of hydrogen-bond donors (Lipinski definition) is 1. The highest BCUT2D eigenvalue weighted by atomic mass is 32.1. The van der Waals surface area contributed by atoms with Crippen LogP contribution in [0, 0.1) is 17.7 Å². The first-order chi connectivity index (χ1) is 18.9. The zero-order chi connectivity index (χ0) is 26.5. The second kappa shape index (κ2) is 8.49. The number of piperidine rings is 1. The highest BCUT2D eigenvalue weighted by Gasteiger charge is 2.51. The normalized spacial score (nSPS) is 31.4. The molecule has 1 aliphatic heterocycles. The Kier molecular flexibility index (Phi) is 5.19. The predicted octanol–water partition coefficient (Wildman–Crippen LogP) is 6.05. The molecule has 0 spiro atoms. The van der Waals surface area contributed by atoms with Crippen molar-refractivity contribution in [2.45, 2.75) is 87.7 Å². The lowest BCUT2D eigenvalue weighted by molar-refractivity contribution is 0.0184. The van der Waals surface area contributed by atoms with E-state index in [-0.39, 0.29) is 46.4 Å². The highest BCUT2D eigenvalue weighted by Crippen LogP contribution is 2.54. The number of halogens is 1. The van der Waals surface area contributed by atoms with Gasteiger partial charge in [-0.15, -0.1) is 0 Å². The van der Waals surface area contributed by atoms with Crippen LogP contribution >= 0.6 is 11.3 Å². The Morgan fingerprint density at radius 2 is 1.90 bits per heavy atom. The SMILES string of the molecule is O=C(O)c1cc(F)c2nc(N3C[C@@H]4C[C@H]3C[C@H]4OC(=O)c3c(C45CCC(CC4)CC5)noc3C3CC3)sc2c1. The first-order valence-electron chi connectivity index (χ1n) is 14.2. The average Bonchev–Trinajstić information content (AvgIpc) is 3.28. The number of fused-ring (bicyclic) bond motifs is 6. The molecule has 3 aromatic rings. The molecule has 9 rings (SSSR count). The summed E-state index contributed by atoms with van der Waals surface area (Å²) in [6, 6.07) is 2.65. The van der Waals surface area contributed by atoms with Gasteiger partial charge in [-0.05, 0) is 75.8 Å². The van der Waals surface area contributed by atoms with E-state index in [0.717, 1.165) is 62.0 Å². The monoisotopic (exact) mass is 551 g/mol. The van der Waals surface area contributed by atoms with E-state index in [1.54, 1.807) is 0 Å². The van der Waals surface area contributed by atoms with Gasteiger partial charge in [0.05, 0.1) is 10.3 Å². The molecule has 204 valence electrons. The summed E-state index contributed by atoms with van der Waals surface area (Å²) in [6.07, 6.45) is 10.3. The Morgan fingerprint density at radius 3 is 2.56 bits per heavy atom. The third-order valence-electron chi connectivity index (χ3n) is 10.1. The highest BCUT2D eigenvalue weighted by molar-refractivity contribution is 7.22. The molecule has 2 aromatic heterocycles. The number of esters is 1. The number of aromatic carboxylic acids is 1. The molecule has 1 aromatic carbocycles. The molecule has 1 N–H and O–H groups in total. The van der Waals surface area contributed by atoms with E-state index in [0.29, 0.717) is 28.4 Å². The fraction of sp³-hybridized carbons (Fsp3) is 0.586. The van der Waals surface area contributed by atoms with Gasteiger partial charge in [0.15, 0.2) is 16.7 Å². The number of anilines is 1. The van der Waals surface area contributed by atoms with Crippen molar-refractivity contribution >= 4 is 38.6 Å². The van der Waals surface area contributed by atoms with Gasteiger partial charge >= 0.3 is 11.9 Å². The minimum atomic E-state index is -1.16. The maximum atomic E-state index is 14.5. The number of carbonyl (C=O) groups excluding carboxylic acids is 1. The van der Waals surface area contributed by atoms with Crippen LogP contribution in [0.25, 0.3) is 10.2 Å². The Balaban J connectivity index is 1.02. The number of nitrogens with zero attached hydrogens (tertiary/aromatic N) is 3. The van der Waals surface area contributed by atoms with Gasteiger partial charge in [-0.25, -0.2) is 19.0 Å². The van der Waals surface area contributed by atoms with Gasteiger partial charge in [-0.2, -0.15) is 0 Å². The summed E-state index contributed by atoms with van der Waals surface area (Å²) in [5, 5.41) is 14.5. The minimum Gasteiger partial charge on any atom is -0.478 e. The largest absolute Gasteiger partial charge is 0.478 e. The Morgan fingerprint density at radius 1 is 1.13 bits per heavy atom. The lowest BCUT2D eigenvalue weighted by Crippen LogP contribution is -2.41. The summed E-state index contributed by atoms with van der Waals surface area (Å²) in [4.78, 5) is 31.8. The van der Waals surface area contributed by atoms with Gasteiger partial charge in [-0.1, -0.05) is 16.5 Å². The van der Waals surface area contributed by atoms with Crippen LogP contribution in [0.5, 0.6) is 0 Å². The van der Waals surface area contributed by atoms with Crippen LogP contribution in [-0.2, 0) is 10.2 Å². The first kappa shape index (κ1) is 23.8. The van der Waals surface area contributed by atoms with E-state index in [2.05, 4.69) is 15.0 Å². The molecule has 0 unspecified atom stereocenters. The fourth-order valence-corrected chi connectivity index (χ4v) is 8.90. The van der Waals surface area contributed by atoms with E-state index in [9.17, 15) is 19.1 Å². The van der Waals surface area contributed by atoms with Crippen LogP contribution in [0.4, 0.5) is 9.52 Å². The minimum absolute atomic E-state index is 0.0478. The fourth-order valence-electron chi connectivity index (χ4n) is 7.80. The maximum absolute atomic E-state index is 14.5. The van der Waals surface area contributed by atoms with Crippen LogP contribution in [0.3, 0.4) is 0 Å². The molecule has 4 bridgehead atoms. The van der Waals surface area contributed by atoms with E-state index in [1.165, 1.54) is 36.7 Å². The number of aromatic nitrogens is 2. The van der Waals surface area contributed by atoms with Gasteiger partial charge < -0.3 is 19.3 Å². The van der Waals surface area contributed by atoms with Crippen molar-refractivity contribution in [3.8, 4) is 0 Å². The summed E-state index contributed by atoms with van der Waals surface area (Å²) in [5.74, 6) is -0.0531. The van der Waals surface area contributed by atoms with E-state index in [4.69, 9.17) is 9.26 Å². The van der Waals surface area contributed by atoms with Crippen molar-refractivity contribution in [1.29, 1.82) is 0 Å². The second-order valence-electron chi connectivity index (χ2n) is 12.4. The molecule has 5 aliphatic carbocycles. The van der Waals surface area contributed by atoms with Gasteiger partial charge in [0.2, 0.25) is 0 Å². The van der Waals surface area contributed by atoms with Crippen molar-refractivity contribution in [2.75, 3.05) is 11.4 Å². The molecule has 39 heavy (non-hydrogen) atoms. The van der Waals surface area contributed by atoms with Gasteiger partial charge in [0.1, 0.15) is 22.9 Å². The molecular formula is C29H30FN3O5S. The van der Waals surface area contributed by atoms with Crippen LogP contribution in [0.2, 0.25) is 0 Å². The molecule has 0 radical (unpaired) electrons. The summed E-state index contributed by atoms with van der Waals surface area (Å²) in [7, 11) is 0. The molecule has 3 atom stereocenters. The van der Waals surface area contributed by atoms with Gasteiger partial charge in [0, 0.05) is 36.3 Å². The first-order valence-corrected chi connectivity index (χ1v) is 15.0. The lowest BCUT2D eigenvalue weighted by atomic mass is 9.59. The maximum Gasteiger partial charge on any atom is 0.344 e. The number of hydrogen-bond acceptors (Lipinski definition) is 8. The smallest absolute Gasteiger partial charge is 0.344 e. The lowest BCUT2D eigenvalue weighted by Gasteiger charge is -2.45. The second-order valence-corrected chi connectivity index (χ2v) is 13.4. The van der Waals surface area contributed by atoms with Crippen LogP contribution < -0.4 is 4.90 Å². The summed E-state index contributed by atoms with van der Waals surface area (Å²) in [5.41, 5.74) is 1.55. The number of rotatable bonds is 6. The summed E-state index contributed by atoms with van der Waals surface area (Å²) >= 11 is 1.31. The van der Waals surface area contributed by atoms with Gasteiger partial charge in [0.25, 0.3) is 0 Å². The van der Waals surface area contributed by atoms with Gasteiger partial charge in [-0.3, -0.25) is 0 Å². The molecule has 0 amide bonds. The summed E-state index contributed by atoms with van der Waals surface area (Å²) < 4.78 is 27.2. The Bertz CT molecular complexity index is 1490. The quantitative estimate of drug-likeness (QED) is 0.370. The molecule has 5 saturated carbocycles. The van der Waals surface area contributed by atoms with Crippen molar-refractivity contribution < 1.29 is 28.3 Å². The van der Waals surface area contributed by atoms with Crippen molar-refractivity contribution in [2.24, 2.45) is 11.8 Å². The Labute approximate surface area is 228 Å². The van der Waals surface area contributed by atoms with Crippen LogP contribution in [-0.4, -0.2) is 45.9 Å². The van der Waals surface area contributed by atoms with E-state index < -0.39 is 11.8 Å². The molecule has 1 saturated heterocycles. The number of thiazole rings is 1. The third kappa shape index (κ3) is 3.73. The summed E-state index contributed by atoms with van der Waals surface area (Å²) in [6.45, 7) is 0.674. The standard InChI is InChI=1S/C29H30FN3O5S/c30-19-10-16(26(34)35)11-21-23(19)31-28(39-21)33-13-17-9-18(33)12-20(17)37-27(36)22-24(15-1-2-15)38-32-25(22)29-6-3-14(4-7-29)5-8-29/h10-11,14-15,17-18,20H,1-9,12-13H2,(H,34,35)/t14?,17-,18-,20+,29?/m0/s1. The number of carboxylic acids is 1. The van der Waals surface area contributed by atoms with E-state index >= 15 is 0 Å². The number of ether oxygens (including phenoxy) is 1. The number of carboxylic acid groups (broad SMARTS) is 1. The Hall–Kier alpha value is -3.01. The molecule has 6 fully saturated rings.